The topological polar surface area (TPSA) is 66.9 Å². The monoisotopic (exact) mass is 364 g/mol. The minimum Gasteiger partial charge on any atom is -0.332 e. The summed E-state index contributed by atoms with van der Waals surface area (Å²) in [6, 6.07) is 8.63. The Balaban J connectivity index is 1.71. The number of carbonyl (C=O) groups is 1. The van der Waals surface area contributed by atoms with E-state index in [2.05, 4.69) is 20.6 Å². The van der Waals surface area contributed by atoms with Gasteiger partial charge in [0, 0.05) is 29.0 Å². The Bertz CT molecular complexity index is 864. The van der Waals surface area contributed by atoms with Crippen molar-refractivity contribution >= 4 is 33.9 Å². The van der Waals surface area contributed by atoms with Crippen molar-refractivity contribution in [2.24, 2.45) is 0 Å². The summed E-state index contributed by atoms with van der Waals surface area (Å²) in [5, 5.41) is 8.02. The number of nitrogens with zero attached hydrogens (tertiary/aromatic N) is 2. The molecule has 1 amide bonds. The normalized spacial score (nSPS) is 11.2. The first-order valence-electron chi connectivity index (χ1n) is 7.03. The zero-order valence-electron chi connectivity index (χ0n) is 12.5. The summed E-state index contributed by atoms with van der Waals surface area (Å²) >= 11 is 1.41. The zero-order valence-corrected chi connectivity index (χ0v) is 13.4. The molecule has 128 valence electrons. The van der Waals surface area contributed by atoms with Gasteiger partial charge in [-0.3, -0.25) is 4.79 Å². The van der Waals surface area contributed by atoms with Crippen molar-refractivity contribution in [3.63, 3.8) is 0 Å². The molecular weight excluding hydrogens is 353 g/mol. The van der Waals surface area contributed by atoms with Gasteiger partial charge >= 0.3 is 6.18 Å². The second kappa shape index (κ2) is 6.89. The fourth-order valence-electron chi connectivity index (χ4n) is 1.97. The predicted octanol–water partition coefficient (Wildman–Crippen LogP) is 4.55. The van der Waals surface area contributed by atoms with Crippen LogP contribution in [0.15, 0.2) is 54.2 Å². The van der Waals surface area contributed by atoms with E-state index in [4.69, 9.17) is 0 Å². The van der Waals surface area contributed by atoms with Crippen LogP contribution in [0.3, 0.4) is 0 Å². The molecule has 0 aliphatic carbocycles. The summed E-state index contributed by atoms with van der Waals surface area (Å²) < 4.78 is 37.5. The van der Waals surface area contributed by atoms with Crippen molar-refractivity contribution < 1.29 is 18.0 Å². The summed E-state index contributed by atoms with van der Waals surface area (Å²) in [7, 11) is 0. The Hall–Kier alpha value is -2.94. The van der Waals surface area contributed by atoms with Gasteiger partial charge in [-0.05, 0) is 30.3 Å². The first-order valence-corrected chi connectivity index (χ1v) is 7.91. The molecule has 2 heterocycles. The largest absolute Gasteiger partial charge is 0.417 e. The van der Waals surface area contributed by atoms with E-state index in [-0.39, 0.29) is 5.82 Å². The summed E-state index contributed by atoms with van der Waals surface area (Å²) in [4.78, 5) is 19.9. The van der Waals surface area contributed by atoms with Crippen molar-refractivity contribution in [2.75, 3.05) is 10.6 Å². The van der Waals surface area contributed by atoms with Gasteiger partial charge in [0.25, 0.3) is 5.91 Å². The Morgan fingerprint density at radius 1 is 1.12 bits per heavy atom. The van der Waals surface area contributed by atoms with Gasteiger partial charge in [0.15, 0.2) is 5.13 Å². The van der Waals surface area contributed by atoms with Crippen molar-refractivity contribution in [3.05, 3.63) is 65.3 Å². The molecule has 0 saturated carbocycles. The predicted molar refractivity (Wildman–Crippen MR) is 89.0 cm³/mol. The molecular formula is C16H11F3N4OS. The van der Waals surface area contributed by atoms with Crippen LogP contribution in [0.4, 0.5) is 29.8 Å². The Labute approximate surface area is 144 Å². The highest BCUT2D eigenvalue weighted by molar-refractivity contribution is 7.13. The Morgan fingerprint density at radius 3 is 2.60 bits per heavy atom. The molecule has 25 heavy (non-hydrogen) atoms. The second-order valence-corrected chi connectivity index (χ2v) is 5.82. The van der Waals surface area contributed by atoms with Gasteiger partial charge in [-0.25, -0.2) is 9.97 Å². The molecule has 3 aromatic rings. The minimum atomic E-state index is -4.47. The SMILES string of the molecule is O=C(Nc1ccc(C(F)(F)F)cn1)c1cccc(Nc2nccs2)c1. The number of hydrogen-bond acceptors (Lipinski definition) is 5. The van der Waals surface area contributed by atoms with Crippen LogP contribution in [-0.4, -0.2) is 15.9 Å². The second-order valence-electron chi connectivity index (χ2n) is 4.93. The lowest BCUT2D eigenvalue weighted by Crippen LogP contribution is -2.14. The van der Waals surface area contributed by atoms with Gasteiger partial charge in [0.1, 0.15) is 5.82 Å². The molecule has 0 radical (unpaired) electrons. The number of pyridine rings is 1. The Morgan fingerprint density at radius 2 is 1.96 bits per heavy atom. The molecule has 0 aliphatic rings. The molecule has 2 N–H and O–H groups in total. The molecule has 0 saturated heterocycles. The third kappa shape index (κ3) is 4.32. The maximum absolute atomic E-state index is 12.5. The fourth-order valence-corrected chi connectivity index (χ4v) is 2.52. The zero-order chi connectivity index (χ0) is 17.9. The molecule has 0 unspecified atom stereocenters. The van der Waals surface area contributed by atoms with E-state index in [1.165, 1.54) is 11.3 Å². The van der Waals surface area contributed by atoms with Crippen molar-refractivity contribution in [2.45, 2.75) is 6.18 Å². The van der Waals surface area contributed by atoms with Crippen LogP contribution >= 0.6 is 11.3 Å². The summed E-state index contributed by atoms with van der Waals surface area (Å²) in [6.07, 6.45) is -2.14. The van der Waals surface area contributed by atoms with Crippen molar-refractivity contribution in [1.29, 1.82) is 0 Å². The van der Waals surface area contributed by atoms with Gasteiger partial charge in [0.2, 0.25) is 0 Å². The number of nitrogens with one attached hydrogen (secondary N) is 2. The maximum atomic E-state index is 12.5. The standard InChI is InChI=1S/C16H11F3N4OS/c17-16(18,19)11-4-5-13(21-9-11)23-14(24)10-2-1-3-12(8-10)22-15-20-6-7-25-15/h1-9H,(H,20,22)(H,21,23,24). The molecule has 0 bridgehead atoms. The summed E-state index contributed by atoms with van der Waals surface area (Å²) in [5.74, 6) is -0.439. The molecule has 5 nitrogen and oxygen atoms in total. The molecule has 3 rings (SSSR count). The average molecular weight is 364 g/mol. The van der Waals surface area contributed by atoms with Crippen LogP contribution in [0.1, 0.15) is 15.9 Å². The van der Waals surface area contributed by atoms with Crippen LogP contribution in [0.5, 0.6) is 0 Å². The number of thiazole rings is 1. The first-order chi connectivity index (χ1) is 11.9. The van der Waals surface area contributed by atoms with E-state index in [1.54, 1.807) is 30.5 Å². The molecule has 9 heteroatoms. The molecule has 1 aromatic carbocycles. The average Bonchev–Trinajstić information content (AvgIpc) is 3.08. The van der Waals surface area contributed by atoms with Crippen molar-refractivity contribution in [3.8, 4) is 0 Å². The van der Waals surface area contributed by atoms with Crippen LogP contribution < -0.4 is 10.6 Å². The van der Waals surface area contributed by atoms with E-state index in [1.807, 2.05) is 5.38 Å². The minimum absolute atomic E-state index is 0.0382. The number of benzene rings is 1. The fraction of sp³-hybridized carbons (Fsp3) is 0.0625. The lowest BCUT2D eigenvalue weighted by Gasteiger charge is -2.09. The number of anilines is 3. The molecule has 0 fully saturated rings. The van der Waals surface area contributed by atoms with Gasteiger partial charge in [-0.2, -0.15) is 13.2 Å². The number of alkyl halides is 3. The highest BCUT2D eigenvalue weighted by atomic mass is 32.1. The molecule has 0 spiro atoms. The van der Waals surface area contributed by atoms with Gasteiger partial charge in [0.05, 0.1) is 5.56 Å². The van der Waals surface area contributed by atoms with E-state index < -0.39 is 17.6 Å². The lowest BCUT2D eigenvalue weighted by atomic mass is 10.2. The van der Waals surface area contributed by atoms with Gasteiger partial charge < -0.3 is 10.6 Å². The van der Waals surface area contributed by atoms with E-state index in [0.29, 0.717) is 22.6 Å². The number of hydrogen-bond donors (Lipinski definition) is 2. The van der Waals surface area contributed by atoms with E-state index in [9.17, 15) is 18.0 Å². The van der Waals surface area contributed by atoms with Crippen molar-refractivity contribution in [1.82, 2.24) is 9.97 Å². The summed E-state index contributed by atoms with van der Waals surface area (Å²) in [5.41, 5.74) is 0.131. The molecule has 0 aliphatic heterocycles. The summed E-state index contributed by atoms with van der Waals surface area (Å²) in [6.45, 7) is 0. The number of rotatable bonds is 4. The van der Waals surface area contributed by atoms with Crippen LogP contribution in [-0.2, 0) is 6.18 Å². The van der Waals surface area contributed by atoms with Gasteiger partial charge in [-0.15, -0.1) is 11.3 Å². The van der Waals surface area contributed by atoms with Crippen LogP contribution in [0, 0.1) is 0 Å². The van der Waals surface area contributed by atoms with E-state index in [0.717, 1.165) is 12.1 Å². The van der Waals surface area contributed by atoms with Crippen LogP contribution in [0.25, 0.3) is 0 Å². The number of amides is 1. The number of aromatic nitrogens is 2. The lowest BCUT2D eigenvalue weighted by molar-refractivity contribution is -0.137. The van der Waals surface area contributed by atoms with E-state index >= 15 is 0 Å². The maximum Gasteiger partial charge on any atom is 0.417 e. The highest BCUT2D eigenvalue weighted by Gasteiger charge is 2.30. The number of halogens is 3. The molecule has 2 aromatic heterocycles. The first kappa shape index (κ1) is 16.9. The molecule has 0 atom stereocenters. The number of carbonyl (C=O) groups excluding carboxylic acids is 1. The van der Waals surface area contributed by atoms with Gasteiger partial charge in [-0.1, -0.05) is 6.07 Å². The third-order valence-electron chi connectivity index (χ3n) is 3.14. The van der Waals surface area contributed by atoms with Crippen LogP contribution in [0.2, 0.25) is 0 Å². The highest BCUT2D eigenvalue weighted by Crippen LogP contribution is 2.29. The quantitative estimate of drug-likeness (QED) is 0.713. The third-order valence-corrected chi connectivity index (χ3v) is 3.83. The Kier molecular flexibility index (Phi) is 4.66. The smallest absolute Gasteiger partial charge is 0.332 e.